The van der Waals surface area contributed by atoms with Gasteiger partial charge in [0.05, 0.1) is 7.11 Å². The van der Waals surface area contributed by atoms with E-state index in [1.54, 1.807) is 7.11 Å². The van der Waals surface area contributed by atoms with Gasteiger partial charge in [-0.3, -0.25) is 4.90 Å². The van der Waals surface area contributed by atoms with Crippen LogP contribution in [0, 0.1) is 0 Å². The predicted octanol–water partition coefficient (Wildman–Crippen LogP) is 5.00. The van der Waals surface area contributed by atoms with Crippen LogP contribution in [-0.4, -0.2) is 31.1 Å². The quantitative estimate of drug-likeness (QED) is 0.713. The van der Waals surface area contributed by atoms with E-state index >= 15 is 0 Å². The van der Waals surface area contributed by atoms with Gasteiger partial charge in [0, 0.05) is 10.5 Å². The van der Waals surface area contributed by atoms with Crippen LogP contribution < -0.4 is 4.74 Å². The minimum absolute atomic E-state index is 0.552. The van der Waals surface area contributed by atoms with E-state index in [0.29, 0.717) is 12.0 Å². The zero-order valence-electron chi connectivity index (χ0n) is 13.8. The first-order valence-corrected chi connectivity index (χ1v) is 9.02. The molecule has 1 aliphatic carbocycles. The molecule has 0 radical (unpaired) electrons. The number of rotatable bonds is 6. The molecule has 2 rings (SSSR count). The summed E-state index contributed by atoms with van der Waals surface area (Å²) in [5.74, 6) is 1.60. The number of benzene rings is 1. The highest BCUT2D eigenvalue weighted by Gasteiger charge is 2.32. The number of halogens is 1. The monoisotopic (exact) mass is 353 g/mol. The highest BCUT2D eigenvalue weighted by atomic mass is 79.9. The molecule has 0 aromatic heterocycles. The van der Waals surface area contributed by atoms with E-state index < -0.39 is 0 Å². The van der Waals surface area contributed by atoms with Crippen molar-refractivity contribution in [1.82, 2.24) is 4.90 Å². The molecule has 1 aromatic rings. The lowest BCUT2D eigenvalue weighted by Crippen LogP contribution is -2.42. The predicted molar refractivity (Wildman–Crippen MR) is 93.4 cm³/mol. The van der Waals surface area contributed by atoms with Crippen LogP contribution in [0.2, 0.25) is 0 Å². The van der Waals surface area contributed by atoms with Crippen molar-refractivity contribution in [3.63, 3.8) is 0 Å². The molecule has 0 saturated heterocycles. The number of methoxy groups -OCH3 is 1. The zero-order valence-corrected chi connectivity index (χ0v) is 15.4. The van der Waals surface area contributed by atoms with E-state index in [1.807, 2.05) is 0 Å². The highest BCUT2D eigenvalue weighted by molar-refractivity contribution is 9.10. The normalized spacial score (nSPS) is 21.4. The summed E-state index contributed by atoms with van der Waals surface area (Å²) in [6, 6.07) is 4.88. The summed E-state index contributed by atoms with van der Waals surface area (Å²) >= 11 is 3.77. The third kappa shape index (κ3) is 3.45. The third-order valence-electron chi connectivity index (χ3n) is 4.69. The fourth-order valence-corrected chi connectivity index (χ4v) is 4.54. The smallest absolute Gasteiger partial charge is 0.122 e. The maximum absolute atomic E-state index is 5.57. The van der Waals surface area contributed by atoms with Gasteiger partial charge in [0.25, 0.3) is 0 Å². The van der Waals surface area contributed by atoms with Crippen molar-refractivity contribution in [2.45, 2.75) is 58.4 Å². The summed E-state index contributed by atoms with van der Waals surface area (Å²) in [5, 5.41) is 0. The van der Waals surface area contributed by atoms with E-state index in [2.05, 4.69) is 53.7 Å². The van der Waals surface area contributed by atoms with Crippen LogP contribution in [0.3, 0.4) is 0 Å². The molecular formula is C18H28BrNO. The first kappa shape index (κ1) is 16.8. The van der Waals surface area contributed by atoms with Gasteiger partial charge in [0.15, 0.2) is 0 Å². The van der Waals surface area contributed by atoms with E-state index in [-0.39, 0.29) is 0 Å². The van der Waals surface area contributed by atoms with Crippen molar-refractivity contribution in [3.8, 4) is 5.75 Å². The minimum Gasteiger partial charge on any atom is -0.496 e. The van der Waals surface area contributed by atoms with Crippen LogP contribution in [-0.2, 0) is 6.42 Å². The summed E-state index contributed by atoms with van der Waals surface area (Å²) in [6.07, 6.45) is 4.82. The Morgan fingerprint density at radius 2 is 1.90 bits per heavy atom. The summed E-state index contributed by atoms with van der Waals surface area (Å²) in [5.41, 5.74) is 2.87. The lowest BCUT2D eigenvalue weighted by atomic mass is 9.79. The molecule has 118 valence electrons. The van der Waals surface area contributed by atoms with Crippen molar-refractivity contribution in [2.24, 2.45) is 0 Å². The maximum atomic E-state index is 5.57. The Balaban J connectivity index is 2.32. The SMILES string of the molecule is CCCN(CCC)[C@@H]1CCc2c(OC)ccc(Br)c2C1C. The second-order valence-corrected chi connectivity index (χ2v) is 6.93. The maximum Gasteiger partial charge on any atom is 0.122 e. The molecule has 21 heavy (non-hydrogen) atoms. The Morgan fingerprint density at radius 3 is 2.48 bits per heavy atom. The number of fused-ring (bicyclic) bond motifs is 1. The average molecular weight is 354 g/mol. The Morgan fingerprint density at radius 1 is 1.24 bits per heavy atom. The number of nitrogens with zero attached hydrogens (tertiary/aromatic N) is 1. The molecule has 1 aliphatic rings. The number of ether oxygens (including phenoxy) is 1. The molecule has 1 unspecified atom stereocenters. The van der Waals surface area contributed by atoms with Crippen molar-refractivity contribution in [1.29, 1.82) is 0 Å². The Kier molecular flexibility index (Phi) is 6.12. The first-order valence-electron chi connectivity index (χ1n) is 8.23. The van der Waals surface area contributed by atoms with E-state index in [4.69, 9.17) is 4.74 Å². The molecule has 0 heterocycles. The lowest BCUT2D eigenvalue weighted by molar-refractivity contribution is 0.158. The lowest BCUT2D eigenvalue weighted by Gasteiger charge is -2.40. The molecule has 0 saturated carbocycles. The standard InChI is InChI=1S/C18H28BrNO/c1-5-11-20(12-6-2)16-9-7-14-17(21-4)10-8-15(19)18(14)13(16)3/h8,10,13,16H,5-7,9,11-12H2,1-4H3/t13?,16-/m1/s1. The molecule has 2 nitrogen and oxygen atoms in total. The summed E-state index contributed by atoms with van der Waals surface area (Å²) in [4.78, 5) is 2.69. The fraction of sp³-hybridized carbons (Fsp3) is 0.667. The summed E-state index contributed by atoms with van der Waals surface area (Å²) in [7, 11) is 1.78. The topological polar surface area (TPSA) is 12.5 Å². The Bertz CT molecular complexity index is 469. The molecule has 0 N–H and O–H groups in total. The van der Waals surface area contributed by atoms with Gasteiger partial charge in [0.1, 0.15) is 5.75 Å². The van der Waals surface area contributed by atoms with Crippen LogP contribution in [0.15, 0.2) is 16.6 Å². The molecule has 0 aliphatic heterocycles. The van der Waals surface area contributed by atoms with Crippen molar-refractivity contribution in [2.75, 3.05) is 20.2 Å². The van der Waals surface area contributed by atoms with Gasteiger partial charge in [-0.05, 0) is 68.0 Å². The molecule has 0 bridgehead atoms. The van der Waals surface area contributed by atoms with Gasteiger partial charge >= 0.3 is 0 Å². The van der Waals surface area contributed by atoms with Gasteiger partial charge in [-0.1, -0.05) is 36.7 Å². The van der Waals surface area contributed by atoms with Crippen molar-refractivity contribution in [3.05, 3.63) is 27.7 Å². The molecule has 2 atom stereocenters. The van der Waals surface area contributed by atoms with Gasteiger partial charge in [-0.2, -0.15) is 0 Å². The first-order chi connectivity index (χ1) is 10.1. The molecule has 0 amide bonds. The second kappa shape index (κ2) is 7.64. The molecular weight excluding hydrogens is 326 g/mol. The third-order valence-corrected chi connectivity index (χ3v) is 5.39. The average Bonchev–Trinajstić information content (AvgIpc) is 2.48. The largest absolute Gasteiger partial charge is 0.496 e. The molecule has 3 heteroatoms. The van der Waals surface area contributed by atoms with Gasteiger partial charge < -0.3 is 4.74 Å². The zero-order chi connectivity index (χ0) is 15.4. The van der Waals surface area contributed by atoms with Crippen LogP contribution in [0.1, 0.15) is 57.1 Å². The Hall–Kier alpha value is -0.540. The van der Waals surface area contributed by atoms with Crippen LogP contribution in [0.4, 0.5) is 0 Å². The molecule has 0 spiro atoms. The number of hydrogen-bond donors (Lipinski definition) is 0. The van der Waals surface area contributed by atoms with Crippen LogP contribution >= 0.6 is 15.9 Å². The van der Waals surface area contributed by atoms with Crippen LogP contribution in [0.25, 0.3) is 0 Å². The van der Waals surface area contributed by atoms with E-state index in [9.17, 15) is 0 Å². The van der Waals surface area contributed by atoms with Gasteiger partial charge in [0.2, 0.25) is 0 Å². The van der Waals surface area contributed by atoms with Crippen LogP contribution in [0.5, 0.6) is 5.75 Å². The number of hydrogen-bond acceptors (Lipinski definition) is 2. The minimum atomic E-state index is 0.552. The molecule has 0 fully saturated rings. The van der Waals surface area contributed by atoms with Crippen molar-refractivity contribution < 1.29 is 4.74 Å². The van der Waals surface area contributed by atoms with Gasteiger partial charge in [-0.15, -0.1) is 0 Å². The summed E-state index contributed by atoms with van der Waals surface area (Å²) < 4.78 is 6.81. The van der Waals surface area contributed by atoms with Gasteiger partial charge in [-0.25, -0.2) is 0 Å². The van der Waals surface area contributed by atoms with Crippen molar-refractivity contribution >= 4 is 15.9 Å². The van der Waals surface area contributed by atoms with E-state index in [1.165, 1.54) is 48.0 Å². The fourth-order valence-electron chi connectivity index (χ4n) is 3.81. The Labute approximate surface area is 138 Å². The summed E-state index contributed by atoms with van der Waals surface area (Å²) in [6.45, 7) is 9.36. The second-order valence-electron chi connectivity index (χ2n) is 6.07. The highest BCUT2D eigenvalue weighted by Crippen LogP contribution is 2.42. The molecule has 1 aromatic carbocycles. The van der Waals surface area contributed by atoms with E-state index in [0.717, 1.165) is 12.2 Å².